The molecule has 0 saturated heterocycles. The lowest BCUT2D eigenvalue weighted by molar-refractivity contribution is 0.0660. The molecule has 0 saturated carbocycles. The summed E-state index contributed by atoms with van der Waals surface area (Å²) in [6, 6.07) is 7.92. The smallest absolute Gasteiger partial charge is 0.371 e. The van der Waals surface area contributed by atoms with Crippen molar-refractivity contribution >= 4 is 50.3 Å². The lowest BCUT2D eigenvalue weighted by Crippen LogP contribution is -2.02. The molecule has 2 aromatic rings. The van der Waals surface area contributed by atoms with Crippen LogP contribution in [0.25, 0.3) is 0 Å². The molecule has 0 amide bonds. The molecule has 1 aromatic heterocycles. The largest absolute Gasteiger partial charge is 0.475 e. The van der Waals surface area contributed by atoms with Gasteiger partial charge in [-0.05, 0) is 52.9 Å². The molecule has 0 radical (unpaired) electrons. The highest BCUT2D eigenvalue weighted by molar-refractivity contribution is 14.1. The molecule has 0 bridgehead atoms. The standard InChI is InChI=1S/C12H6BrIO4/c13-6-1-2-8(14)7(5-6)11(15)9-3-4-10(18-9)12(16)17/h1-5H,(H,16,17). The van der Waals surface area contributed by atoms with Crippen LogP contribution < -0.4 is 0 Å². The first-order valence-corrected chi connectivity index (χ1v) is 6.69. The molecule has 0 aliphatic heterocycles. The van der Waals surface area contributed by atoms with Crippen molar-refractivity contribution in [1.82, 2.24) is 0 Å². The maximum Gasteiger partial charge on any atom is 0.371 e. The maximum atomic E-state index is 12.1. The van der Waals surface area contributed by atoms with Gasteiger partial charge in [-0.3, -0.25) is 4.79 Å². The number of carbonyl (C=O) groups is 2. The molecule has 4 nitrogen and oxygen atoms in total. The second kappa shape index (κ2) is 5.23. The Balaban J connectivity index is 2.41. The zero-order valence-electron chi connectivity index (χ0n) is 8.81. The topological polar surface area (TPSA) is 67.5 Å². The monoisotopic (exact) mass is 420 g/mol. The van der Waals surface area contributed by atoms with Crippen LogP contribution in [0.3, 0.4) is 0 Å². The highest BCUT2D eigenvalue weighted by Crippen LogP contribution is 2.22. The lowest BCUT2D eigenvalue weighted by atomic mass is 10.1. The fraction of sp³-hybridized carbons (Fsp3) is 0. The number of furan rings is 1. The van der Waals surface area contributed by atoms with Crippen LogP contribution in [0.2, 0.25) is 0 Å². The van der Waals surface area contributed by atoms with E-state index in [4.69, 9.17) is 9.52 Å². The van der Waals surface area contributed by atoms with Gasteiger partial charge in [-0.15, -0.1) is 0 Å². The van der Waals surface area contributed by atoms with Crippen molar-refractivity contribution in [3.05, 3.63) is 55.5 Å². The van der Waals surface area contributed by atoms with E-state index in [1.54, 1.807) is 12.1 Å². The quantitative estimate of drug-likeness (QED) is 0.608. The van der Waals surface area contributed by atoms with Gasteiger partial charge in [0.25, 0.3) is 0 Å². The van der Waals surface area contributed by atoms with Gasteiger partial charge in [-0.2, -0.15) is 0 Å². The van der Waals surface area contributed by atoms with Gasteiger partial charge < -0.3 is 9.52 Å². The van der Waals surface area contributed by atoms with E-state index in [0.717, 1.165) is 8.04 Å². The summed E-state index contributed by atoms with van der Waals surface area (Å²) in [6.45, 7) is 0. The molecule has 6 heteroatoms. The van der Waals surface area contributed by atoms with Crippen LogP contribution in [0.4, 0.5) is 0 Å². The molecule has 0 atom stereocenters. The van der Waals surface area contributed by atoms with Crippen LogP contribution in [0.5, 0.6) is 0 Å². The second-order valence-corrected chi connectivity index (χ2v) is 5.50. The Morgan fingerprint density at radius 1 is 1.17 bits per heavy atom. The Morgan fingerprint density at radius 3 is 2.44 bits per heavy atom. The Morgan fingerprint density at radius 2 is 1.83 bits per heavy atom. The Hall–Kier alpha value is -1.15. The number of benzene rings is 1. The van der Waals surface area contributed by atoms with E-state index in [2.05, 4.69) is 15.9 Å². The zero-order valence-corrected chi connectivity index (χ0v) is 12.6. The number of ketones is 1. The van der Waals surface area contributed by atoms with Gasteiger partial charge >= 0.3 is 5.97 Å². The Bertz CT molecular complexity index is 633. The Labute approximate surface area is 124 Å². The predicted octanol–water partition coefficient (Wildman–Crippen LogP) is 3.58. The van der Waals surface area contributed by atoms with Gasteiger partial charge in [-0.25, -0.2) is 4.79 Å². The molecule has 18 heavy (non-hydrogen) atoms. The highest BCUT2D eigenvalue weighted by atomic mass is 127. The lowest BCUT2D eigenvalue weighted by Gasteiger charge is -2.02. The van der Waals surface area contributed by atoms with Crippen LogP contribution in [-0.2, 0) is 0 Å². The normalized spacial score (nSPS) is 10.3. The number of carbonyl (C=O) groups excluding carboxylic acids is 1. The van der Waals surface area contributed by atoms with Gasteiger partial charge in [0.2, 0.25) is 11.5 Å². The van der Waals surface area contributed by atoms with Crippen molar-refractivity contribution in [2.24, 2.45) is 0 Å². The number of carboxylic acid groups (broad SMARTS) is 1. The van der Waals surface area contributed by atoms with Gasteiger partial charge in [0.05, 0.1) is 0 Å². The van der Waals surface area contributed by atoms with Gasteiger partial charge in [-0.1, -0.05) is 15.9 Å². The number of rotatable bonds is 3. The van der Waals surface area contributed by atoms with E-state index >= 15 is 0 Å². The molecule has 1 heterocycles. The van der Waals surface area contributed by atoms with Crippen molar-refractivity contribution in [2.45, 2.75) is 0 Å². The summed E-state index contributed by atoms with van der Waals surface area (Å²) in [7, 11) is 0. The summed E-state index contributed by atoms with van der Waals surface area (Å²) in [5.74, 6) is -1.77. The minimum atomic E-state index is -1.20. The van der Waals surface area contributed by atoms with Gasteiger partial charge in [0, 0.05) is 13.6 Å². The molecule has 0 aliphatic carbocycles. The van der Waals surface area contributed by atoms with E-state index in [1.807, 2.05) is 28.7 Å². The van der Waals surface area contributed by atoms with E-state index in [1.165, 1.54) is 12.1 Å². The van der Waals surface area contributed by atoms with Crippen molar-refractivity contribution in [1.29, 1.82) is 0 Å². The number of carboxylic acids is 1. The third-order valence-electron chi connectivity index (χ3n) is 2.21. The molecular weight excluding hydrogens is 415 g/mol. The average molecular weight is 421 g/mol. The van der Waals surface area contributed by atoms with Crippen LogP contribution in [0.1, 0.15) is 26.7 Å². The summed E-state index contributed by atoms with van der Waals surface area (Å²) in [4.78, 5) is 22.8. The molecule has 0 spiro atoms. The second-order valence-electron chi connectivity index (χ2n) is 3.42. The minimum Gasteiger partial charge on any atom is -0.475 e. The number of aromatic carboxylic acids is 1. The van der Waals surface area contributed by atoms with Gasteiger partial charge in [0.1, 0.15) is 0 Å². The molecule has 0 fully saturated rings. The van der Waals surface area contributed by atoms with E-state index in [0.29, 0.717) is 5.56 Å². The summed E-state index contributed by atoms with van der Waals surface area (Å²) >= 11 is 5.32. The first-order valence-electron chi connectivity index (χ1n) is 4.82. The van der Waals surface area contributed by atoms with Crippen molar-refractivity contribution in [3.63, 3.8) is 0 Å². The van der Waals surface area contributed by atoms with Crippen LogP contribution in [0, 0.1) is 3.57 Å². The molecule has 92 valence electrons. The average Bonchev–Trinajstić information content (AvgIpc) is 2.81. The van der Waals surface area contributed by atoms with Crippen LogP contribution >= 0.6 is 38.5 Å². The SMILES string of the molecule is O=C(O)c1ccc(C(=O)c2cc(Br)ccc2I)o1. The van der Waals surface area contributed by atoms with Crippen molar-refractivity contribution in [3.8, 4) is 0 Å². The molecule has 2 rings (SSSR count). The summed E-state index contributed by atoms with van der Waals surface area (Å²) in [6.07, 6.45) is 0. The van der Waals surface area contributed by atoms with Crippen LogP contribution in [-0.4, -0.2) is 16.9 Å². The Kier molecular flexibility index (Phi) is 3.86. The van der Waals surface area contributed by atoms with Gasteiger partial charge in [0.15, 0.2) is 5.76 Å². The molecule has 0 aliphatic rings. The fourth-order valence-corrected chi connectivity index (χ4v) is 2.32. The van der Waals surface area contributed by atoms with E-state index in [-0.39, 0.29) is 17.3 Å². The summed E-state index contributed by atoms with van der Waals surface area (Å²) in [5.41, 5.74) is 0.469. The van der Waals surface area contributed by atoms with E-state index < -0.39 is 5.97 Å². The minimum absolute atomic E-state index is 0.0171. The van der Waals surface area contributed by atoms with Crippen molar-refractivity contribution < 1.29 is 19.1 Å². The molecule has 1 aromatic carbocycles. The molecule has 1 N–H and O–H groups in total. The zero-order chi connectivity index (χ0) is 13.3. The molecular formula is C12H6BrIO4. The third kappa shape index (κ3) is 2.64. The van der Waals surface area contributed by atoms with E-state index in [9.17, 15) is 9.59 Å². The van der Waals surface area contributed by atoms with Crippen LogP contribution in [0.15, 0.2) is 39.2 Å². The highest BCUT2D eigenvalue weighted by Gasteiger charge is 2.18. The predicted molar refractivity (Wildman–Crippen MR) is 76.0 cm³/mol. The number of halogens is 2. The fourth-order valence-electron chi connectivity index (χ4n) is 1.38. The summed E-state index contributed by atoms with van der Waals surface area (Å²) in [5, 5.41) is 8.74. The third-order valence-corrected chi connectivity index (χ3v) is 3.65. The van der Waals surface area contributed by atoms with Crippen molar-refractivity contribution in [2.75, 3.05) is 0 Å². The molecule has 0 unspecified atom stereocenters. The first kappa shape index (κ1) is 13.3. The first-order chi connectivity index (χ1) is 8.49. The number of hydrogen-bond acceptors (Lipinski definition) is 3. The summed E-state index contributed by atoms with van der Waals surface area (Å²) < 4.78 is 6.54. The maximum absolute atomic E-state index is 12.1. The number of hydrogen-bond donors (Lipinski definition) is 1.